The zero-order valence-electron chi connectivity index (χ0n) is 11.3. The molecule has 2 N–H and O–H groups in total. The largest absolute Gasteiger partial charge is 0.492 e. The summed E-state index contributed by atoms with van der Waals surface area (Å²) in [4.78, 5) is 11.5. The lowest BCUT2D eigenvalue weighted by Crippen LogP contribution is -2.21. The van der Waals surface area contributed by atoms with E-state index in [1.54, 1.807) is 37.4 Å². The minimum absolute atomic E-state index is 0.0883. The third-order valence-electron chi connectivity index (χ3n) is 2.96. The summed E-state index contributed by atoms with van der Waals surface area (Å²) in [5.74, 6) is 0.0465. The summed E-state index contributed by atoms with van der Waals surface area (Å²) in [6, 6.07) is 9.19. The molecular formula is C15H17FN2O2. The lowest BCUT2D eigenvalue weighted by molar-refractivity contribution is 0.294. The van der Waals surface area contributed by atoms with Crippen molar-refractivity contribution in [2.45, 2.75) is 19.5 Å². The summed E-state index contributed by atoms with van der Waals surface area (Å²) in [6.45, 7) is 2.43. The molecule has 0 aliphatic heterocycles. The summed E-state index contributed by atoms with van der Waals surface area (Å²) in [5.41, 5.74) is 6.01. The van der Waals surface area contributed by atoms with Crippen LogP contribution in [0.1, 0.15) is 18.5 Å². The number of rotatable bonds is 5. The number of hydrogen-bond donors (Lipinski definition) is 1. The third-order valence-corrected chi connectivity index (χ3v) is 2.96. The van der Waals surface area contributed by atoms with E-state index in [0.717, 1.165) is 0 Å². The Morgan fingerprint density at radius 1 is 1.35 bits per heavy atom. The number of halogens is 1. The van der Waals surface area contributed by atoms with Crippen LogP contribution in [0.2, 0.25) is 0 Å². The van der Waals surface area contributed by atoms with Crippen LogP contribution in [0.5, 0.6) is 5.75 Å². The minimum Gasteiger partial charge on any atom is -0.492 e. The number of aromatic nitrogens is 1. The van der Waals surface area contributed by atoms with Crippen LogP contribution in [0.15, 0.2) is 47.4 Å². The fraction of sp³-hybridized carbons (Fsp3) is 0.267. The maximum atomic E-state index is 13.7. The molecule has 4 nitrogen and oxygen atoms in total. The maximum absolute atomic E-state index is 13.7. The quantitative estimate of drug-likeness (QED) is 0.909. The van der Waals surface area contributed by atoms with Crippen LogP contribution < -0.4 is 16.0 Å². The summed E-state index contributed by atoms with van der Waals surface area (Å²) >= 11 is 0. The van der Waals surface area contributed by atoms with Gasteiger partial charge in [-0.05, 0) is 19.1 Å². The molecule has 0 amide bonds. The fourth-order valence-electron chi connectivity index (χ4n) is 1.87. The molecule has 0 aliphatic carbocycles. The van der Waals surface area contributed by atoms with Crippen molar-refractivity contribution in [3.8, 4) is 5.75 Å². The Kier molecular flexibility index (Phi) is 4.53. The van der Waals surface area contributed by atoms with Crippen LogP contribution >= 0.6 is 0 Å². The van der Waals surface area contributed by atoms with E-state index in [2.05, 4.69) is 0 Å². The molecule has 0 saturated heterocycles. The SMILES string of the molecule is C[C@@H](N)c1ccc(OCCn2ccccc2=O)cc1F. The molecule has 0 saturated carbocycles. The van der Waals surface area contributed by atoms with Gasteiger partial charge in [-0.25, -0.2) is 4.39 Å². The van der Waals surface area contributed by atoms with Gasteiger partial charge in [0.25, 0.3) is 5.56 Å². The van der Waals surface area contributed by atoms with Crippen molar-refractivity contribution in [2.75, 3.05) is 6.61 Å². The van der Waals surface area contributed by atoms with Crippen molar-refractivity contribution < 1.29 is 9.13 Å². The first-order chi connectivity index (χ1) is 9.58. The summed E-state index contributed by atoms with van der Waals surface area (Å²) < 4.78 is 20.7. The zero-order valence-corrected chi connectivity index (χ0v) is 11.3. The maximum Gasteiger partial charge on any atom is 0.250 e. The van der Waals surface area contributed by atoms with Crippen LogP contribution in [-0.4, -0.2) is 11.2 Å². The predicted octanol–water partition coefficient (Wildman–Crippen LogP) is 2.09. The Morgan fingerprint density at radius 2 is 2.15 bits per heavy atom. The highest BCUT2D eigenvalue weighted by molar-refractivity contribution is 5.30. The van der Waals surface area contributed by atoms with Crippen LogP contribution in [-0.2, 0) is 6.54 Å². The van der Waals surface area contributed by atoms with E-state index in [4.69, 9.17) is 10.5 Å². The fourth-order valence-corrected chi connectivity index (χ4v) is 1.87. The summed E-state index contributed by atoms with van der Waals surface area (Å²) in [5, 5.41) is 0. The second-order valence-corrected chi connectivity index (χ2v) is 4.55. The van der Waals surface area contributed by atoms with Crippen LogP contribution in [0.4, 0.5) is 4.39 Å². The van der Waals surface area contributed by atoms with E-state index in [1.807, 2.05) is 0 Å². The molecule has 2 aromatic rings. The van der Waals surface area contributed by atoms with Crippen molar-refractivity contribution in [1.29, 1.82) is 0 Å². The monoisotopic (exact) mass is 276 g/mol. The topological polar surface area (TPSA) is 57.2 Å². The summed E-state index contributed by atoms with van der Waals surface area (Å²) in [6.07, 6.45) is 1.69. The molecule has 0 bridgehead atoms. The molecule has 0 radical (unpaired) electrons. The lowest BCUT2D eigenvalue weighted by Gasteiger charge is -2.11. The molecule has 1 atom stereocenters. The van der Waals surface area contributed by atoms with Crippen molar-refractivity contribution in [2.24, 2.45) is 5.73 Å². The van der Waals surface area contributed by atoms with Crippen molar-refractivity contribution in [3.05, 3.63) is 64.3 Å². The summed E-state index contributed by atoms with van der Waals surface area (Å²) in [7, 11) is 0. The van der Waals surface area contributed by atoms with Gasteiger partial charge in [0, 0.05) is 29.9 Å². The number of ether oxygens (including phenoxy) is 1. The third kappa shape index (κ3) is 3.45. The minimum atomic E-state index is -0.380. The van der Waals surface area contributed by atoms with Gasteiger partial charge in [-0.15, -0.1) is 0 Å². The highest BCUT2D eigenvalue weighted by atomic mass is 19.1. The highest BCUT2D eigenvalue weighted by Crippen LogP contribution is 2.20. The Balaban J connectivity index is 1.97. The lowest BCUT2D eigenvalue weighted by atomic mass is 10.1. The predicted molar refractivity (Wildman–Crippen MR) is 75.2 cm³/mol. The smallest absolute Gasteiger partial charge is 0.250 e. The molecule has 0 fully saturated rings. The number of pyridine rings is 1. The van der Waals surface area contributed by atoms with Crippen molar-refractivity contribution in [1.82, 2.24) is 4.57 Å². The molecule has 2 rings (SSSR count). The Labute approximate surface area is 116 Å². The first-order valence-electron chi connectivity index (χ1n) is 6.41. The van der Waals surface area contributed by atoms with Gasteiger partial charge in [-0.3, -0.25) is 4.79 Å². The molecule has 5 heteroatoms. The van der Waals surface area contributed by atoms with Crippen LogP contribution in [0, 0.1) is 5.82 Å². The van der Waals surface area contributed by atoms with E-state index in [9.17, 15) is 9.18 Å². The number of benzene rings is 1. The van der Waals surface area contributed by atoms with E-state index in [1.165, 1.54) is 16.7 Å². The van der Waals surface area contributed by atoms with Gasteiger partial charge in [0.05, 0.1) is 6.54 Å². The Hall–Kier alpha value is -2.14. The van der Waals surface area contributed by atoms with Crippen LogP contribution in [0.3, 0.4) is 0 Å². The van der Waals surface area contributed by atoms with Crippen molar-refractivity contribution in [3.63, 3.8) is 0 Å². The first kappa shape index (κ1) is 14.3. The van der Waals surface area contributed by atoms with Gasteiger partial charge < -0.3 is 15.0 Å². The molecule has 0 unspecified atom stereocenters. The molecular weight excluding hydrogens is 259 g/mol. The second kappa shape index (κ2) is 6.34. The molecule has 1 aromatic carbocycles. The van der Waals surface area contributed by atoms with Gasteiger partial charge >= 0.3 is 0 Å². The average molecular weight is 276 g/mol. The van der Waals surface area contributed by atoms with Crippen molar-refractivity contribution >= 4 is 0 Å². The van der Waals surface area contributed by atoms with E-state index >= 15 is 0 Å². The van der Waals surface area contributed by atoms with Gasteiger partial charge in [-0.1, -0.05) is 12.1 Å². The standard InChI is InChI=1S/C15H17FN2O2/c1-11(17)13-6-5-12(10-14(13)16)20-9-8-18-7-3-2-4-15(18)19/h2-7,10-11H,8-9,17H2,1H3/t11-/m1/s1. The van der Waals surface area contributed by atoms with Gasteiger partial charge in [-0.2, -0.15) is 0 Å². The van der Waals surface area contributed by atoms with E-state index < -0.39 is 0 Å². The van der Waals surface area contributed by atoms with Gasteiger partial charge in [0.15, 0.2) is 0 Å². The zero-order chi connectivity index (χ0) is 14.5. The molecule has 0 aliphatic rings. The number of nitrogens with zero attached hydrogens (tertiary/aromatic N) is 1. The highest BCUT2D eigenvalue weighted by Gasteiger charge is 2.08. The van der Waals surface area contributed by atoms with Gasteiger partial charge in [0.2, 0.25) is 0 Å². The van der Waals surface area contributed by atoms with E-state index in [-0.39, 0.29) is 17.4 Å². The Morgan fingerprint density at radius 3 is 2.80 bits per heavy atom. The average Bonchev–Trinajstić information content (AvgIpc) is 2.40. The molecule has 20 heavy (non-hydrogen) atoms. The Bertz CT molecular complexity index is 638. The number of hydrogen-bond acceptors (Lipinski definition) is 3. The van der Waals surface area contributed by atoms with E-state index in [0.29, 0.717) is 24.5 Å². The molecule has 0 spiro atoms. The molecule has 1 aromatic heterocycles. The number of nitrogens with two attached hydrogens (primary N) is 1. The molecule has 1 heterocycles. The van der Waals surface area contributed by atoms with Crippen LogP contribution in [0.25, 0.3) is 0 Å². The second-order valence-electron chi connectivity index (χ2n) is 4.55. The first-order valence-corrected chi connectivity index (χ1v) is 6.41. The molecule has 106 valence electrons. The normalized spacial score (nSPS) is 12.2. The van der Waals surface area contributed by atoms with Gasteiger partial charge in [0.1, 0.15) is 18.2 Å².